The van der Waals surface area contributed by atoms with E-state index in [0.29, 0.717) is 0 Å². The first-order valence-corrected chi connectivity index (χ1v) is 7.63. The number of hydrogen-bond donors (Lipinski definition) is 3. The van der Waals surface area contributed by atoms with Gasteiger partial charge in [0.2, 0.25) is 11.8 Å². The van der Waals surface area contributed by atoms with E-state index in [0.717, 1.165) is 5.56 Å². The van der Waals surface area contributed by atoms with Gasteiger partial charge in [0.05, 0.1) is 0 Å². The molecule has 1 rings (SSSR count). The molecule has 7 nitrogen and oxygen atoms in total. The van der Waals surface area contributed by atoms with E-state index in [-0.39, 0.29) is 31.0 Å². The Balaban J connectivity index is 2.79. The van der Waals surface area contributed by atoms with Gasteiger partial charge >= 0.3 is 5.97 Å². The van der Waals surface area contributed by atoms with Crippen molar-refractivity contribution in [3.63, 3.8) is 0 Å². The van der Waals surface area contributed by atoms with E-state index in [4.69, 9.17) is 0 Å². The van der Waals surface area contributed by atoms with Crippen LogP contribution in [-0.4, -0.2) is 40.8 Å². The topological polar surface area (TPSA) is 113 Å². The van der Waals surface area contributed by atoms with Crippen LogP contribution in [0.5, 0.6) is 0 Å². The van der Waals surface area contributed by atoms with Crippen LogP contribution in [0.2, 0.25) is 0 Å². The van der Waals surface area contributed by atoms with E-state index in [9.17, 15) is 24.3 Å². The lowest BCUT2D eigenvalue weighted by Crippen LogP contribution is -2.52. The minimum Gasteiger partial charge on any atom is -0.480 e. The zero-order valence-corrected chi connectivity index (χ0v) is 13.7. The second-order valence-electron chi connectivity index (χ2n) is 5.58. The third-order valence-electron chi connectivity index (χ3n) is 3.38. The van der Waals surface area contributed by atoms with Gasteiger partial charge in [-0.15, -0.1) is 0 Å². The Labute approximate surface area is 140 Å². The molecule has 2 atom stereocenters. The quantitative estimate of drug-likeness (QED) is 0.614. The molecular weight excluding hydrogens is 312 g/mol. The van der Waals surface area contributed by atoms with Crippen molar-refractivity contribution in [2.75, 3.05) is 0 Å². The highest BCUT2D eigenvalue weighted by atomic mass is 16.4. The molecule has 0 spiro atoms. The summed E-state index contributed by atoms with van der Waals surface area (Å²) in [5.41, 5.74) is 0.835. The van der Waals surface area contributed by atoms with Gasteiger partial charge < -0.3 is 20.5 Å². The summed E-state index contributed by atoms with van der Waals surface area (Å²) in [6, 6.07) is 7.02. The van der Waals surface area contributed by atoms with Crippen molar-refractivity contribution in [2.24, 2.45) is 0 Å². The van der Waals surface area contributed by atoms with Crippen molar-refractivity contribution >= 4 is 23.6 Å². The number of rotatable bonds is 9. The predicted molar refractivity (Wildman–Crippen MR) is 87.2 cm³/mol. The Hall–Kier alpha value is -2.70. The fourth-order valence-electron chi connectivity index (χ4n) is 2.18. The van der Waals surface area contributed by atoms with Crippen LogP contribution in [0, 0.1) is 0 Å². The molecule has 0 saturated heterocycles. The number of carbonyl (C=O) groups is 4. The lowest BCUT2D eigenvalue weighted by molar-refractivity contribution is -0.142. The molecule has 1 aromatic carbocycles. The Kier molecular flexibility index (Phi) is 7.61. The van der Waals surface area contributed by atoms with Crippen LogP contribution in [0.3, 0.4) is 0 Å². The second-order valence-corrected chi connectivity index (χ2v) is 5.58. The number of hydrogen-bond acceptors (Lipinski definition) is 4. The van der Waals surface area contributed by atoms with E-state index in [1.165, 1.54) is 13.8 Å². The maximum Gasteiger partial charge on any atom is 0.326 e. The number of amides is 2. The molecule has 0 aromatic heterocycles. The summed E-state index contributed by atoms with van der Waals surface area (Å²) in [5.74, 6) is -2.35. The van der Waals surface area contributed by atoms with Gasteiger partial charge in [-0.1, -0.05) is 30.3 Å². The average molecular weight is 334 g/mol. The van der Waals surface area contributed by atoms with E-state index in [1.54, 1.807) is 0 Å². The molecule has 7 heteroatoms. The molecule has 3 N–H and O–H groups in total. The molecule has 0 bridgehead atoms. The van der Waals surface area contributed by atoms with E-state index in [2.05, 4.69) is 10.6 Å². The number of Topliss-reactive ketones (excluding diaryl/α,β-unsaturated/α-hetero) is 1. The first-order chi connectivity index (χ1) is 11.3. The Bertz CT molecular complexity index is 600. The smallest absolute Gasteiger partial charge is 0.326 e. The molecule has 0 heterocycles. The third-order valence-corrected chi connectivity index (χ3v) is 3.38. The van der Waals surface area contributed by atoms with Crippen LogP contribution in [0.4, 0.5) is 0 Å². The van der Waals surface area contributed by atoms with Crippen molar-refractivity contribution in [1.29, 1.82) is 0 Å². The summed E-state index contributed by atoms with van der Waals surface area (Å²) in [5, 5.41) is 14.1. The Morgan fingerprint density at radius 3 is 2.12 bits per heavy atom. The monoisotopic (exact) mass is 334 g/mol. The number of benzene rings is 1. The van der Waals surface area contributed by atoms with Crippen LogP contribution >= 0.6 is 0 Å². The summed E-state index contributed by atoms with van der Waals surface area (Å²) in [7, 11) is 0. The third kappa shape index (κ3) is 7.04. The first-order valence-electron chi connectivity index (χ1n) is 7.63. The minimum absolute atomic E-state index is 0.00847. The SMILES string of the molecule is CC(=O)CC[C@H](NC(=O)[C@@H](Cc1ccccc1)NC(C)=O)C(=O)O. The highest BCUT2D eigenvalue weighted by molar-refractivity contribution is 5.90. The summed E-state index contributed by atoms with van der Waals surface area (Å²) < 4.78 is 0. The van der Waals surface area contributed by atoms with Gasteiger partial charge in [-0.2, -0.15) is 0 Å². The van der Waals surface area contributed by atoms with Crippen molar-refractivity contribution in [2.45, 2.75) is 45.2 Å². The maximum absolute atomic E-state index is 12.4. The second kappa shape index (κ2) is 9.44. The number of carboxylic acid groups (broad SMARTS) is 1. The molecule has 0 aliphatic carbocycles. The molecular formula is C17H22N2O5. The molecule has 0 unspecified atom stereocenters. The predicted octanol–water partition coefficient (Wildman–Crippen LogP) is 0.672. The van der Waals surface area contributed by atoms with Gasteiger partial charge in [-0.05, 0) is 18.9 Å². The Morgan fingerprint density at radius 2 is 1.62 bits per heavy atom. The van der Waals surface area contributed by atoms with Crippen LogP contribution in [-0.2, 0) is 25.6 Å². The average Bonchev–Trinajstić information content (AvgIpc) is 2.50. The molecule has 0 aliphatic rings. The fraction of sp³-hybridized carbons (Fsp3) is 0.412. The molecule has 2 amide bonds. The van der Waals surface area contributed by atoms with Gasteiger partial charge in [-0.25, -0.2) is 4.79 Å². The summed E-state index contributed by atoms with van der Waals surface area (Å²) in [6.45, 7) is 2.64. The van der Waals surface area contributed by atoms with Gasteiger partial charge in [0.25, 0.3) is 0 Å². The zero-order valence-electron chi connectivity index (χ0n) is 13.7. The van der Waals surface area contributed by atoms with Crippen LogP contribution in [0.25, 0.3) is 0 Å². The van der Waals surface area contributed by atoms with E-state index < -0.39 is 24.0 Å². The number of carbonyl (C=O) groups excluding carboxylic acids is 3. The van der Waals surface area contributed by atoms with Gasteiger partial charge in [-0.3, -0.25) is 9.59 Å². The molecule has 0 fully saturated rings. The zero-order chi connectivity index (χ0) is 18.1. The molecule has 0 aliphatic heterocycles. The molecule has 130 valence electrons. The molecule has 0 radical (unpaired) electrons. The number of ketones is 1. The van der Waals surface area contributed by atoms with Crippen molar-refractivity contribution in [3.8, 4) is 0 Å². The highest BCUT2D eigenvalue weighted by Gasteiger charge is 2.26. The molecule has 24 heavy (non-hydrogen) atoms. The normalized spacial score (nSPS) is 12.8. The van der Waals surface area contributed by atoms with Crippen molar-refractivity contribution in [3.05, 3.63) is 35.9 Å². The van der Waals surface area contributed by atoms with Crippen molar-refractivity contribution < 1.29 is 24.3 Å². The van der Waals surface area contributed by atoms with Crippen molar-refractivity contribution in [1.82, 2.24) is 10.6 Å². The lowest BCUT2D eigenvalue weighted by Gasteiger charge is -2.21. The summed E-state index contributed by atoms with van der Waals surface area (Å²) in [4.78, 5) is 46.0. The van der Waals surface area contributed by atoms with E-state index in [1.807, 2.05) is 30.3 Å². The minimum atomic E-state index is -1.22. The van der Waals surface area contributed by atoms with Gasteiger partial charge in [0.15, 0.2) is 0 Å². The Morgan fingerprint density at radius 1 is 1.00 bits per heavy atom. The van der Waals surface area contributed by atoms with Gasteiger partial charge in [0.1, 0.15) is 17.9 Å². The summed E-state index contributed by atoms with van der Waals surface area (Å²) in [6.07, 6.45) is 0.306. The van der Waals surface area contributed by atoms with Crippen LogP contribution in [0.15, 0.2) is 30.3 Å². The van der Waals surface area contributed by atoms with E-state index >= 15 is 0 Å². The number of aliphatic carboxylic acids is 1. The highest BCUT2D eigenvalue weighted by Crippen LogP contribution is 2.05. The summed E-state index contributed by atoms with van der Waals surface area (Å²) >= 11 is 0. The number of nitrogens with one attached hydrogen (secondary N) is 2. The fourth-order valence-corrected chi connectivity index (χ4v) is 2.18. The number of carboxylic acids is 1. The maximum atomic E-state index is 12.4. The van der Waals surface area contributed by atoms with Gasteiger partial charge in [0, 0.05) is 19.8 Å². The standard InChI is InChI=1S/C17H22N2O5/c1-11(20)8-9-14(17(23)24)19-16(22)15(18-12(2)21)10-13-6-4-3-5-7-13/h3-7,14-15H,8-10H2,1-2H3,(H,18,21)(H,19,22)(H,23,24)/t14-,15+/m0/s1. The first kappa shape index (κ1) is 19.3. The largest absolute Gasteiger partial charge is 0.480 e. The van der Waals surface area contributed by atoms with Crippen LogP contribution < -0.4 is 10.6 Å². The molecule has 0 saturated carbocycles. The molecule has 1 aromatic rings. The lowest BCUT2D eigenvalue weighted by atomic mass is 10.0. The van der Waals surface area contributed by atoms with Crippen LogP contribution in [0.1, 0.15) is 32.3 Å².